The van der Waals surface area contributed by atoms with Gasteiger partial charge in [-0.05, 0) is 6.07 Å². The summed E-state index contributed by atoms with van der Waals surface area (Å²) in [5.41, 5.74) is 2.14. The molecule has 3 nitrogen and oxygen atoms in total. The molecule has 2 aromatic rings. The molecule has 3 heteroatoms. The van der Waals surface area contributed by atoms with Crippen molar-refractivity contribution in [3.63, 3.8) is 0 Å². The summed E-state index contributed by atoms with van der Waals surface area (Å²) in [6.07, 6.45) is 4.58. The second-order valence-corrected chi connectivity index (χ2v) is 2.80. The highest BCUT2D eigenvalue weighted by Crippen LogP contribution is 2.12. The number of fused-ring (bicyclic) bond motifs is 1. The molecule has 0 bridgehead atoms. The largest absolute Gasteiger partial charge is 0.330 e. The van der Waals surface area contributed by atoms with Crippen molar-refractivity contribution in [2.45, 2.75) is 13.3 Å². The van der Waals surface area contributed by atoms with Crippen molar-refractivity contribution >= 4 is 11.0 Å². The molecule has 0 aromatic carbocycles. The predicted molar refractivity (Wildman–Crippen MR) is 47.9 cm³/mol. The summed E-state index contributed by atoms with van der Waals surface area (Å²) in [4.78, 5) is 8.51. The lowest BCUT2D eigenvalue weighted by atomic mass is 10.4. The number of aryl methyl sites for hydroxylation is 2. The Morgan fingerprint density at radius 2 is 2.33 bits per heavy atom. The number of hydrogen-bond acceptors (Lipinski definition) is 2. The summed E-state index contributed by atoms with van der Waals surface area (Å²) in [7, 11) is 2.02. The van der Waals surface area contributed by atoms with E-state index in [1.54, 1.807) is 6.20 Å². The van der Waals surface area contributed by atoms with Crippen LogP contribution in [0.2, 0.25) is 0 Å². The van der Waals surface area contributed by atoms with Gasteiger partial charge in [-0.25, -0.2) is 4.98 Å². The smallest absolute Gasteiger partial charge is 0.109 e. The zero-order chi connectivity index (χ0) is 8.55. The predicted octanol–water partition coefficient (Wildman–Crippen LogP) is 1.53. The number of imidazole rings is 1. The van der Waals surface area contributed by atoms with E-state index >= 15 is 0 Å². The molecular weight excluding hydrogens is 150 g/mol. The van der Waals surface area contributed by atoms with Gasteiger partial charge in [-0.15, -0.1) is 0 Å². The van der Waals surface area contributed by atoms with Gasteiger partial charge in [-0.2, -0.15) is 0 Å². The Morgan fingerprint density at radius 3 is 3.00 bits per heavy atom. The Kier molecular flexibility index (Phi) is 1.57. The lowest BCUT2D eigenvalue weighted by Crippen LogP contribution is -1.94. The first-order valence-electron chi connectivity index (χ1n) is 4.08. The Bertz CT molecular complexity index is 403. The van der Waals surface area contributed by atoms with Gasteiger partial charge in [0, 0.05) is 19.7 Å². The summed E-state index contributed by atoms with van der Waals surface area (Å²) in [6, 6.07) is 1.94. The third-order valence-electron chi connectivity index (χ3n) is 2.09. The lowest BCUT2D eigenvalue weighted by molar-refractivity contribution is 0.828. The van der Waals surface area contributed by atoms with Crippen LogP contribution in [0.1, 0.15) is 12.7 Å². The summed E-state index contributed by atoms with van der Waals surface area (Å²) in [5.74, 6) is 1.11. The van der Waals surface area contributed by atoms with Gasteiger partial charge in [-0.1, -0.05) is 6.92 Å². The van der Waals surface area contributed by atoms with Crippen molar-refractivity contribution in [3.05, 3.63) is 24.3 Å². The average molecular weight is 161 g/mol. The highest BCUT2D eigenvalue weighted by atomic mass is 15.1. The Hall–Kier alpha value is -1.38. The molecule has 62 valence electrons. The minimum absolute atomic E-state index is 0.963. The van der Waals surface area contributed by atoms with Crippen LogP contribution in [0.5, 0.6) is 0 Å². The van der Waals surface area contributed by atoms with Crippen molar-refractivity contribution in [1.29, 1.82) is 0 Å². The van der Waals surface area contributed by atoms with Crippen LogP contribution in [0.4, 0.5) is 0 Å². The van der Waals surface area contributed by atoms with Gasteiger partial charge in [0.05, 0.1) is 17.2 Å². The van der Waals surface area contributed by atoms with Gasteiger partial charge in [0.1, 0.15) is 5.82 Å². The van der Waals surface area contributed by atoms with E-state index in [4.69, 9.17) is 0 Å². The fourth-order valence-electron chi connectivity index (χ4n) is 1.40. The molecule has 0 aliphatic rings. The molecule has 0 aliphatic heterocycles. The molecule has 0 saturated carbocycles. The fourth-order valence-corrected chi connectivity index (χ4v) is 1.40. The van der Waals surface area contributed by atoms with Crippen LogP contribution in [-0.2, 0) is 13.5 Å². The summed E-state index contributed by atoms with van der Waals surface area (Å²) in [5, 5.41) is 0. The third kappa shape index (κ3) is 0.897. The van der Waals surface area contributed by atoms with Crippen LogP contribution in [0.15, 0.2) is 18.5 Å². The van der Waals surface area contributed by atoms with Crippen LogP contribution in [0.3, 0.4) is 0 Å². The molecule has 0 aliphatic carbocycles. The zero-order valence-corrected chi connectivity index (χ0v) is 7.28. The van der Waals surface area contributed by atoms with E-state index in [-0.39, 0.29) is 0 Å². The maximum atomic E-state index is 4.45. The normalized spacial score (nSPS) is 10.8. The fraction of sp³-hybridized carbons (Fsp3) is 0.333. The molecule has 0 N–H and O–H groups in total. The monoisotopic (exact) mass is 161 g/mol. The van der Waals surface area contributed by atoms with Crippen LogP contribution >= 0.6 is 0 Å². The van der Waals surface area contributed by atoms with Crippen LogP contribution in [0.25, 0.3) is 11.0 Å². The average Bonchev–Trinajstić information content (AvgIpc) is 2.44. The Morgan fingerprint density at radius 1 is 1.50 bits per heavy atom. The number of pyridine rings is 1. The van der Waals surface area contributed by atoms with Crippen molar-refractivity contribution in [2.24, 2.45) is 7.05 Å². The number of hydrogen-bond donors (Lipinski definition) is 0. The molecule has 0 amide bonds. The molecule has 0 fully saturated rings. The first kappa shape index (κ1) is 7.28. The van der Waals surface area contributed by atoms with Gasteiger partial charge in [0.2, 0.25) is 0 Å². The van der Waals surface area contributed by atoms with Gasteiger partial charge in [0.25, 0.3) is 0 Å². The molecule has 2 heterocycles. The zero-order valence-electron chi connectivity index (χ0n) is 7.28. The van der Waals surface area contributed by atoms with Crippen LogP contribution < -0.4 is 0 Å². The van der Waals surface area contributed by atoms with Crippen molar-refractivity contribution in [3.8, 4) is 0 Å². The Labute approximate surface area is 71.1 Å². The SMILES string of the molecule is CCc1nc2ccncc2n1C. The second-order valence-electron chi connectivity index (χ2n) is 2.80. The van der Waals surface area contributed by atoms with E-state index in [2.05, 4.69) is 21.5 Å². The molecule has 12 heavy (non-hydrogen) atoms. The van der Waals surface area contributed by atoms with Gasteiger partial charge >= 0.3 is 0 Å². The summed E-state index contributed by atoms with van der Waals surface area (Å²) in [6.45, 7) is 2.11. The van der Waals surface area contributed by atoms with Gasteiger partial charge in [-0.3, -0.25) is 4.98 Å². The van der Waals surface area contributed by atoms with Crippen LogP contribution in [-0.4, -0.2) is 14.5 Å². The standard InChI is InChI=1S/C9H11N3/c1-3-9-11-7-4-5-10-6-8(7)12(9)2/h4-6H,3H2,1-2H3. The van der Waals surface area contributed by atoms with E-state index < -0.39 is 0 Å². The first-order valence-corrected chi connectivity index (χ1v) is 4.08. The minimum Gasteiger partial charge on any atom is -0.330 e. The van der Waals surface area contributed by atoms with E-state index in [0.29, 0.717) is 0 Å². The first-order chi connectivity index (χ1) is 5.83. The molecule has 0 unspecified atom stereocenters. The number of nitrogens with zero attached hydrogens (tertiary/aromatic N) is 3. The Balaban J connectivity index is 2.78. The second kappa shape index (κ2) is 2.59. The molecular formula is C9H11N3. The highest BCUT2D eigenvalue weighted by Gasteiger charge is 2.03. The highest BCUT2D eigenvalue weighted by molar-refractivity contribution is 5.74. The van der Waals surface area contributed by atoms with E-state index in [1.807, 2.05) is 19.3 Å². The van der Waals surface area contributed by atoms with E-state index in [0.717, 1.165) is 23.3 Å². The molecule has 0 saturated heterocycles. The van der Waals surface area contributed by atoms with Gasteiger partial charge in [0.15, 0.2) is 0 Å². The van der Waals surface area contributed by atoms with Crippen LogP contribution in [0, 0.1) is 0 Å². The topological polar surface area (TPSA) is 30.7 Å². The quantitative estimate of drug-likeness (QED) is 0.635. The molecule has 2 aromatic heterocycles. The van der Waals surface area contributed by atoms with E-state index in [1.165, 1.54) is 0 Å². The third-order valence-corrected chi connectivity index (χ3v) is 2.09. The molecule has 0 atom stereocenters. The summed E-state index contributed by atoms with van der Waals surface area (Å²) < 4.78 is 2.09. The molecule has 0 spiro atoms. The molecule has 0 radical (unpaired) electrons. The minimum atomic E-state index is 0.963. The van der Waals surface area contributed by atoms with Crippen molar-refractivity contribution < 1.29 is 0 Å². The molecule has 2 rings (SSSR count). The van der Waals surface area contributed by atoms with Crippen molar-refractivity contribution in [2.75, 3.05) is 0 Å². The van der Waals surface area contributed by atoms with E-state index in [9.17, 15) is 0 Å². The number of aromatic nitrogens is 3. The maximum absolute atomic E-state index is 4.45. The van der Waals surface area contributed by atoms with Gasteiger partial charge < -0.3 is 4.57 Å². The number of rotatable bonds is 1. The van der Waals surface area contributed by atoms with Crippen molar-refractivity contribution in [1.82, 2.24) is 14.5 Å². The summed E-state index contributed by atoms with van der Waals surface area (Å²) >= 11 is 0. The lowest BCUT2D eigenvalue weighted by Gasteiger charge is -1.96. The maximum Gasteiger partial charge on any atom is 0.109 e.